The van der Waals surface area contributed by atoms with Gasteiger partial charge in [0.1, 0.15) is 17.7 Å². The Morgan fingerprint density at radius 2 is 2.08 bits per heavy atom. The first-order valence-corrected chi connectivity index (χ1v) is 14.0. The first-order chi connectivity index (χ1) is 19.3. The van der Waals surface area contributed by atoms with E-state index in [2.05, 4.69) is 22.0 Å². The average Bonchev–Trinajstić information content (AvgIpc) is 3.70. The summed E-state index contributed by atoms with van der Waals surface area (Å²) in [6.07, 6.45) is 5.40. The van der Waals surface area contributed by atoms with E-state index in [-0.39, 0.29) is 17.5 Å². The minimum atomic E-state index is -0.805. The molecular formula is C32H35FN2O5. The molecule has 0 bridgehead atoms. The second kappa shape index (κ2) is 10.8. The van der Waals surface area contributed by atoms with Gasteiger partial charge < -0.3 is 19.3 Å². The van der Waals surface area contributed by atoms with Crippen molar-refractivity contribution in [1.29, 1.82) is 0 Å². The molecule has 2 aromatic carbocycles. The third-order valence-corrected chi connectivity index (χ3v) is 8.40. The van der Waals surface area contributed by atoms with Crippen LogP contribution in [0.3, 0.4) is 0 Å². The Morgan fingerprint density at radius 3 is 2.85 bits per heavy atom. The molecule has 1 N–H and O–H groups in total. The lowest BCUT2D eigenvalue weighted by atomic mass is 9.91. The number of hydrogen-bond acceptors (Lipinski definition) is 6. The Morgan fingerprint density at radius 1 is 1.23 bits per heavy atom. The van der Waals surface area contributed by atoms with Crippen molar-refractivity contribution in [3.05, 3.63) is 76.7 Å². The van der Waals surface area contributed by atoms with E-state index in [1.807, 2.05) is 24.3 Å². The topological polar surface area (TPSA) is 81.1 Å². The Hall–Kier alpha value is -3.49. The molecule has 6 rings (SSSR count). The van der Waals surface area contributed by atoms with Crippen LogP contribution in [-0.2, 0) is 28.9 Å². The number of carboxylic acids is 1. The van der Waals surface area contributed by atoms with Crippen LogP contribution >= 0.6 is 0 Å². The molecule has 0 radical (unpaired) electrons. The standard InChI is InChI=1S/C32H35FN2O5/c1-20(31(36)37)13-21-3-4-22-6-8-28(40-29(22)14-21)23-5-7-25(26-16-30(38-2)34-17-27(26)33)24(15-23)18-35-11-12-39-32(19-35)9-10-32/h3-5,7,14-17,20,28H,6,8-13,18-19H2,1-2H3,(H,36,37). The van der Waals surface area contributed by atoms with Gasteiger partial charge in [-0.05, 0) is 66.0 Å². The lowest BCUT2D eigenvalue weighted by Crippen LogP contribution is -2.43. The predicted molar refractivity (Wildman–Crippen MR) is 148 cm³/mol. The monoisotopic (exact) mass is 546 g/mol. The van der Waals surface area contributed by atoms with Gasteiger partial charge in [0.05, 0.1) is 31.4 Å². The molecule has 1 spiro atoms. The number of fused-ring (bicyclic) bond motifs is 1. The van der Waals surface area contributed by atoms with Gasteiger partial charge in [0, 0.05) is 31.3 Å². The predicted octanol–water partition coefficient (Wildman–Crippen LogP) is 5.59. The molecule has 0 amide bonds. The Kier molecular flexibility index (Phi) is 7.23. The van der Waals surface area contributed by atoms with Crippen molar-refractivity contribution >= 4 is 5.97 Å². The van der Waals surface area contributed by atoms with Crippen LogP contribution in [0, 0.1) is 11.7 Å². The molecule has 2 unspecified atom stereocenters. The number of halogens is 1. The summed E-state index contributed by atoms with van der Waals surface area (Å²) < 4.78 is 32.9. The second-order valence-electron chi connectivity index (χ2n) is 11.4. The maximum Gasteiger partial charge on any atom is 0.306 e. The van der Waals surface area contributed by atoms with Gasteiger partial charge in [0.25, 0.3) is 0 Å². The minimum Gasteiger partial charge on any atom is -0.485 e. The normalized spacial score (nSPS) is 20.4. The van der Waals surface area contributed by atoms with Crippen molar-refractivity contribution in [3.63, 3.8) is 0 Å². The zero-order chi connectivity index (χ0) is 27.9. The molecule has 3 heterocycles. The largest absolute Gasteiger partial charge is 0.485 e. The third kappa shape index (κ3) is 5.56. The highest BCUT2D eigenvalue weighted by atomic mass is 19.1. The maximum absolute atomic E-state index is 15.1. The molecular weight excluding hydrogens is 511 g/mol. The number of ether oxygens (including phenoxy) is 3. The molecule has 2 atom stereocenters. The highest BCUT2D eigenvalue weighted by molar-refractivity contribution is 5.70. The van der Waals surface area contributed by atoms with E-state index < -0.39 is 11.9 Å². The fourth-order valence-corrected chi connectivity index (χ4v) is 5.90. The van der Waals surface area contributed by atoms with E-state index in [0.29, 0.717) is 31.0 Å². The summed E-state index contributed by atoms with van der Waals surface area (Å²) >= 11 is 0. The number of aryl methyl sites for hydroxylation is 1. The van der Waals surface area contributed by atoms with E-state index in [1.54, 1.807) is 13.0 Å². The van der Waals surface area contributed by atoms with Crippen molar-refractivity contribution in [3.8, 4) is 22.8 Å². The van der Waals surface area contributed by atoms with Gasteiger partial charge in [-0.25, -0.2) is 9.37 Å². The van der Waals surface area contributed by atoms with Crippen LogP contribution in [-0.4, -0.2) is 53.4 Å². The molecule has 3 aromatic rings. The minimum absolute atomic E-state index is 0.00675. The Bertz CT molecular complexity index is 1420. The van der Waals surface area contributed by atoms with Crippen molar-refractivity contribution in [2.75, 3.05) is 26.8 Å². The molecule has 1 aliphatic carbocycles. The number of carbonyl (C=O) groups is 1. The van der Waals surface area contributed by atoms with Crippen molar-refractivity contribution in [2.45, 2.75) is 57.3 Å². The van der Waals surface area contributed by atoms with Crippen molar-refractivity contribution in [1.82, 2.24) is 9.88 Å². The van der Waals surface area contributed by atoms with Gasteiger partial charge >= 0.3 is 5.97 Å². The number of nitrogens with zero attached hydrogens (tertiary/aromatic N) is 2. The van der Waals surface area contributed by atoms with Crippen molar-refractivity contribution < 1.29 is 28.5 Å². The number of methoxy groups -OCH3 is 1. The van der Waals surface area contributed by atoms with Crippen LogP contribution in [0.1, 0.15) is 54.5 Å². The van der Waals surface area contributed by atoms with E-state index in [9.17, 15) is 9.90 Å². The maximum atomic E-state index is 15.1. The van der Waals surface area contributed by atoms with Crippen LogP contribution in [0.2, 0.25) is 0 Å². The first kappa shape index (κ1) is 26.7. The third-order valence-electron chi connectivity index (χ3n) is 8.40. The number of aromatic nitrogens is 1. The zero-order valence-electron chi connectivity index (χ0n) is 23.0. The summed E-state index contributed by atoms with van der Waals surface area (Å²) in [6, 6.07) is 13.9. The van der Waals surface area contributed by atoms with Gasteiger partial charge in [-0.3, -0.25) is 9.69 Å². The number of rotatable bonds is 8. The molecule has 1 aromatic heterocycles. The van der Waals surface area contributed by atoms with E-state index in [0.717, 1.165) is 72.3 Å². The quantitative estimate of drug-likeness (QED) is 0.394. The molecule has 1 saturated carbocycles. The number of pyridine rings is 1. The van der Waals surface area contributed by atoms with Gasteiger partial charge in [-0.1, -0.05) is 37.3 Å². The lowest BCUT2D eigenvalue weighted by molar-refractivity contribution is -0.141. The van der Waals surface area contributed by atoms with Crippen LogP contribution in [0.15, 0.2) is 48.7 Å². The van der Waals surface area contributed by atoms with Gasteiger partial charge in [0.2, 0.25) is 5.88 Å². The molecule has 40 heavy (non-hydrogen) atoms. The highest BCUT2D eigenvalue weighted by Crippen LogP contribution is 2.43. The summed E-state index contributed by atoms with van der Waals surface area (Å²) in [4.78, 5) is 17.8. The molecule has 210 valence electrons. The number of carboxylic acid groups (broad SMARTS) is 1. The summed E-state index contributed by atoms with van der Waals surface area (Å²) in [6.45, 7) is 4.81. The molecule has 1 saturated heterocycles. The Labute approximate surface area is 233 Å². The number of aliphatic carboxylic acids is 1. The molecule has 2 fully saturated rings. The second-order valence-corrected chi connectivity index (χ2v) is 11.4. The number of hydrogen-bond donors (Lipinski definition) is 1. The number of benzene rings is 2. The number of morpholine rings is 1. The smallest absolute Gasteiger partial charge is 0.306 e. The summed E-state index contributed by atoms with van der Waals surface area (Å²) in [7, 11) is 1.53. The molecule has 2 aliphatic heterocycles. The summed E-state index contributed by atoms with van der Waals surface area (Å²) in [5.74, 6) is -0.475. The van der Waals surface area contributed by atoms with Gasteiger partial charge in [-0.2, -0.15) is 0 Å². The van der Waals surface area contributed by atoms with E-state index >= 15 is 4.39 Å². The zero-order valence-corrected chi connectivity index (χ0v) is 23.0. The van der Waals surface area contributed by atoms with E-state index in [1.165, 1.54) is 13.3 Å². The van der Waals surface area contributed by atoms with Gasteiger partial charge in [0.15, 0.2) is 0 Å². The summed E-state index contributed by atoms with van der Waals surface area (Å²) in [5, 5.41) is 9.32. The molecule has 7 nitrogen and oxygen atoms in total. The van der Waals surface area contributed by atoms with Gasteiger partial charge in [-0.15, -0.1) is 0 Å². The van der Waals surface area contributed by atoms with Crippen molar-refractivity contribution in [2.24, 2.45) is 5.92 Å². The fraction of sp³-hybridized carbons (Fsp3) is 0.438. The molecule has 8 heteroatoms. The van der Waals surface area contributed by atoms with Crippen LogP contribution in [0.4, 0.5) is 4.39 Å². The van der Waals surface area contributed by atoms with Crippen LogP contribution in [0.5, 0.6) is 11.6 Å². The first-order valence-electron chi connectivity index (χ1n) is 14.0. The van der Waals surface area contributed by atoms with Crippen LogP contribution < -0.4 is 9.47 Å². The lowest BCUT2D eigenvalue weighted by Gasteiger charge is -2.34. The molecule has 3 aliphatic rings. The summed E-state index contributed by atoms with van der Waals surface area (Å²) in [5.41, 5.74) is 5.44. The van der Waals surface area contributed by atoms with E-state index in [4.69, 9.17) is 14.2 Å². The Balaban J connectivity index is 1.31. The SMILES string of the molecule is COc1cc(-c2ccc(C3CCc4ccc(CC(C)C(=O)O)cc4O3)cc2CN2CCOC3(CC3)C2)c(F)cn1. The average molecular weight is 547 g/mol. The highest BCUT2D eigenvalue weighted by Gasteiger charge is 2.47. The fourth-order valence-electron chi connectivity index (χ4n) is 5.90. The van der Waals surface area contributed by atoms with Crippen LogP contribution in [0.25, 0.3) is 11.1 Å².